The highest BCUT2D eigenvalue weighted by Gasteiger charge is 2.19. The zero-order valence-electron chi connectivity index (χ0n) is 11.2. The normalized spacial score (nSPS) is 12.5. The molecular weight excluding hydrogens is 272 g/mol. The van der Waals surface area contributed by atoms with Crippen LogP contribution < -0.4 is 0 Å². The lowest BCUT2D eigenvalue weighted by atomic mass is 10.2. The average Bonchev–Trinajstić information content (AvgIpc) is 3.05. The van der Waals surface area contributed by atoms with Gasteiger partial charge < -0.3 is 4.57 Å². The molecule has 1 N–H and O–H groups in total. The highest BCUT2D eigenvalue weighted by Crippen LogP contribution is 2.23. The van der Waals surface area contributed by atoms with Crippen LogP contribution in [0, 0.1) is 4.77 Å². The maximum Gasteiger partial charge on any atom is 0.196 e. The molecule has 0 aliphatic rings. The SMILES string of the molecule is CC(c1nncn1C)n1c(-c2ccccc2)n[nH]c1=S. The molecule has 0 saturated carbocycles. The van der Waals surface area contributed by atoms with Crippen molar-refractivity contribution < 1.29 is 0 Å². The van der Waals surface area contributed by atoms with E-state index in [1.165, 1.54) is 0 Å². The summed E-state index contributed by atoms with van der Waals surface area (Å²) in [6.07, 6.45) is 1.68. The van der Waals surface area contributed by atoms with Crippen LogP contribution in [0.15, 0.2) is 36.7 Å². The van der Waals surface area contributed by atoms with Crippen LogP contribution in [-0.2, 0) is 7.05 Å². The van der Waals surface area contributed by atoms with Gasteiger partial charge in [0.2, 0.25) is 0 Å². The van der Waals surface area contributed by atoms with Crippen LogP contribution in [0.25, 0.3) is 11.4 Å². The van der Waals surface area contributed by atoms with Gasteiger partial charge in [-0.2, -0.15) is 5.10 Å². The minimum atomic E-state index is -0.0519. The zero-order chi connectivity index (χ0) is 14.1. The molecule has 2 aromatic heterocycles. The van der Waals surface area contributed by atoms with Gasteiger partial charge in [-0.3, -0.25) is 9.67 Å². The Morgan fingerprint density at radius 2 is 2.00 bits per heavy atom. The molecule has 0 aliphatic heterocycles. The summed E-state index contributed by atoms with van der Waals surface area (Å²) in [5.74, 6) is 1.63. The van der Waals surface area contributed by atoms with Crippen molar-refractivity contribution in [2.24, 2.45) is 7.05 Å². The number of hydrogen-bond acceptors (Lipinski definition) is 4. The molecule has 0 radical (unpaired) electrons. The van der Waals surface area contributed by atoms with Gasteiger partial charge in [-0.05, 0) is 19.1 Å². The van der Waals surface area contributed by atoms with Crippen molar-refractivity contribution >= 4 is 12.2 Å². The summed E-state index contributed by atoms with van der Waals surface area (Å²) in [7, 11) is 1.91. The fraction of sp³-hybridized carbons (Fsp3) is 0.231. The van der Waals surface area contributed by atoms with Crippen LogP contribution in [-0.4, -0.2) is 29.5 Å². The molecule has 0 saturated heterocycles. The molecule has 1 aromatic carbocycles. The highest BCUT2D eigenvalue weighted by atomic mass is 32.1. The van der Waals surface area contributed by atoms with E-state index >= 15 is 0 Å². The first-order valence-electron chi connectivity index (χ1n) is 6.24. The van der Waals surface area contributed by atoms with Gasteiger partial charge in [0.25, 0.3) is 0 Å². The Bertz CT molecular complexity index is 770. The molecule has 3 aromatic rings. The second-order valence-electron chi connectivity index (χ2n) is 4.56. The van der Waals surface area contributed by atoms with Crippen molar-refractivity contribution in [2.45, 2.75) is 13.0 Å². The summed E-state index contributed by atoms with van der Waals surface area (Å²) < 4.78 is 4.41. The van der Waals surface area contributed by atoms with E-state index in [4.69, 9.17) is 12.2 Å². The Morgan fingerprint density at radius 1 is 1.25 bits per heavy atom. The van der Waals surface area contributed by atoms with E-state index in [1.54, 1.807) is 6.33 Å². The van der Waals surface area contributed by atoms with Crippen molar-refractivity contribution in [2.75, 3.05) is 0 Å². The molecule has 0 aliphatic carbocycles. The first kappa shape index (κ1) is 12.7. The summed E-state index contributed by atoms with van der Waals surface area (Å²) >= 11 is 5.35. The average molecular weight is 286 g/mol. The third-order valence-electron chi connectivity index (χ3n) is 3.24. The maximum atomic E-state index is 5.35. The van der Waals surface area contributed by atoms with Crippen molar-refractivity contribution in [1.82, 2.24) is 29.5 Å². The number of rotatable bonds is 3. The number of benzene rings is 1. The number of nitrogens with zero attached hydrogens (tertiary/aromatic N) is 5. The van der Waals surface area contributed by atoms with Crippen molar-refractivity contribution in [3.05, 3.63) is 47.3 Å². The molecule has 2 heterocycles. The fourth-order valence-corrected chi connectivity index (χ4v) is 2.53. The summed E-state index contributed by atoms with van der Waals surface area (Å²) in [5, 5.41) is 15.3. The molecule has 1 atom stereocenters. The number of nitrogens with one attached hydrogen (secondary N) is 1. The van der Waals surface area contributed by atoms with Gasteiger partial charge in [0.15, 0.2) is 16.4 Å². The number of aromatic nitrogens is 6. The molecule has 3 rings (SSSR count). The minimum Gasteiger partial charge on any atom is -0.319 e. The van der Waals surface area contributed by atoms with Crippen molar-refractivity contribution in [1.29, 1.82) is 0 Å². The predicted octanol–water partition coefficient (Wildman–Crippen LogP) is 2.35. The quantitative estimate of drug-likeness (QED) is 0.751. The standard InChI is InChI=1S/C13H14N6S/c1-9(11-15-14-8-18(11)2)19-12(16-17-13(19)20)10-6-4-3-5-7-10/h3-9H,1-2H3,(H,17,20). The Morgan fingerprint density at radius 3 is 2.65 bits per heavy atom. The summed E-state index contributed by atoms with van der Waals surface area (Å²) in [6, 6.07) is 9.88. The van der Waals surface area contributed by atoms with Gasteiger partial charge in [-0.25, -0.2) is 0 Å². The van der Waals surface area contributed by atoms with E-state index in [2.05, 4.69) is 20.4 Å². The Kier molecular flexibility index (Phi) is 3.19. The second-order valence-corrected chi connectivity index (χ2v) is 4.95. The summed E-state index contributed by atoms with van der Waals surface area (Å²) in [6.45, 7) is 2.03. The highest BCUT2D eigenvalue weighted by molar-refractivity contribution is 7.71. The van der Waals surface area contributed by atoms with Gasteiger partial charge in [0.1, 0.15) is 6.33 Å². The smallest absolute Gasteiger partial charge is 0.196 e. The van der Waals surface area contributed by atoms with Crippen LogP contribution in [0.5, 0.6) is 0 Å². The zero-order valence-corrected chi connectivity index (χ0v) is 12.0. The van der Waals surface area contributed by atoms with E-state index < -0.39 is 0 Å². The molecule has 20 heavy (non-hydrogen) atoms. The van der Waals surface area contributed by atoms with Crippen LogP contribution in [0.2, 0.25) is 0 Å². The molecule has 1 unspecified atom stereocenters. The van der Waals surface area contributed by atoms with Gasteiger partial charge in [0.05, 0.1) is 6.04 Å². The number of aryl methyl sites for hydroxylation is 1. The van der Waals surface area contributed by atoms with E-state index in [9.17, 15) is 0 Å². The topological polar surface area (TPSA) is 64.3 Å². The molecule has 102 valence electrons. The van der Waals surface area contributed by atoms with Gasteiger partial charge >= 0.3 is 0 Å². The van der Waals surface area contributed by atoms with Crippen LogP contribution in [0.1, 0.15) is 18.8 Å². The molecule has 7 heteroatoms. The van der Waals surface area contributed by atoms with Crippen molar-refractivity contribution in [3.63, 3.8) is 0 Å². The van der Waals surface area contributed by atoms with Gasteiger partial charge in [-0.1, -0.05) is 30.3 Å². The number of hydrogen-bond donors (Lipinski definition) is 1. The Hall–Kier alpha value is -2.28. The Balaban J connectivity index is 2.13. The van der Waals surface area contributed by atoms with Gasteiger partial charge in [0, 0.05) is 12.6 Å². The van der Waals surface area contributed by atoms with E-state index in [0.29, 0.717) is 4.77 Å². The maximum absolute atomic E-state index is 5.35. The van der Waals surface area contributed by atoms with Crippen LogP contribution in [0.3, 0.4) is 0 Å². The minimum absolute atomic E-state index is 0.0519. The van der Waals surface area contributed by atoms with Crippen LogP contribution >= 0.6 is 12.2 Å². The first-order valence-corrected chi connectivity index (χ1v) is 6.65. The summed E-state index contributed by atoms with van der Waals surface area (Å²) in [5.41, 5.74) is 1.01. The third kappa shape index (κ3) is 2.05. The lowest BCUT2D eigenvalue weighted by Crippen LogP contribution is -2.13. The second kappa shape index (κ2) is 5.01. The lowest BCUT2D eigenvalue weighted by molar-refractivity contribution is 0.571. The van der Waals surface area contributed by atoms with E-state index in [1.807, 2.05) is 53.4 Å². The summed E-state index contributed by atoms with van der Waals surface area (Å²) in [4.78, 5) is 0. The first-order chi connectivity index (χ1) is 9.68. The molecule has 6 nitrogen and oxygen atoms in total. The molecule has 0 bridgehead atoms. The van der Waals surface area contributed by atoms with E-state index in [-0.39, 0.29) is 6.04 Å². The predicted molar refractivity (Wildman–Crippen MR) is 77.7 cm³/mol. The number of aromatic amines is 1. The monoisotopic (exact) mass is 286 g/mol. The molecule has 0 fully saturated rings. The number of H-pyrrole nitrogens is 1. The molecule has 0 spiro atoms. The fourth-order valence-electron chi connectivity index (χ4n) is 2.24. The van der Waals surface area contributed by atoms with Crippen LogP contribution in [0.4, 0.5) is 0 Å². The van der Waals surface area contributed by atoms with E-state index in [0.717, 1.165) is 17.2 Å². The third-order valence-corrected chi connectivity index (χ3v) is 3.53. The lowest BCUT2D eigenvalue weighted by Gasteiger charge is -2.14. The largest absolute Gasteiger partial charge is 0.319 e. The Labute approximate surface area is 121 Å². The van der Waals surface area contributed by atoms with Gasteiger partial charge in [-0.15, -0.1) is 10.2 Å². The molecule has 0 amide bonds. The molecular formula is C13H14N6S. The van der Waals surface area contributed by atoms with Crippen molar-refractivity contribution in [3.8, 4) is 11.4 Å².